The molecule has 5 rings (SSSR count). The molecule has 1 aromatic carbocycles. The number of amides is 1. The number of fused-ring (bicyclic) bond motifs is 1. The molecule has 2 fully saturated rings. The zero-order valence-corrected chi connectivity index (χ0v) is 17.3. The first kappa shape index (κ1) is 19.2. The Hall–Kier alpha value is -2.78. The van der Waals surface area contributed by atoms with Crippen molar-refractivity contribution in [2.45, 2.75) is 36.5 Å². The number of anilines is 1. The third-order valence-corrected chi connectivity index (χ3v) is 7.83. The van der Waals surface area contributed by atoms with Crippen molar-refractivity contribution in [1.29, 1.82) is 0 Å². The number of nitrogens with zero attached hydrogens (tertiary/aromatic N) is 5. The highest BCUT2D eigenvalue weighted by molar-refractivity contribution is 7.89. The van der Waals surface area contributed by atoms with Gasteiger partial charge in [0.1, 0.15) is 5.82 Å². The first-order valence-corrected chi connectivity index (χ1v) is 11.7. The summed E-state index contributed by atoms with van der Waals surface area (Å²) in [5, 5.41) is 8.53. The van der Waals surface area contributed by atoms with Crippen LogP contribution in [0.25, 0.3) is 5.65 Å². The van der Waals surface area contributed by atoms with Gasteiger partial charge in [0, 0.05) is 43.9 Å². The standard InChI is InChI=1S/C21H23N5O3S/c27-20-7-4-14-25(20)17-8-10-18(11-9-17)30(28,29)24-12-3-5-16(15-24)21-23-22-19-6-1-2-13-26(19)21/h1-2,6,8-11,13,16H,3-5,7,12,14-15H2/t16-/m1/s1. The number of hydrogen-bond acceptors (Lipinski definition) is 5. The van der Waals surface area contributed by atoms with Gasteiger partial charge in [-0.3, -0.25) is 9.20 Å². The summed E-state index contributed by atoms with van der Waals surface area (Å²) < 4.78 is 30.0. The molecule has 2 aromatic heterocycles. The molecule has 2 saturated heterocycles. The average Bonchev–Trinajstić information content (AvgIpc) is 3.40. The van der Waals surface area contributed by atoms with Gasteiger partial charge in [0.15, 0.2) is 5.65 Å². The van der Waals surface area contributed by atoms with Gasteiger partial charge in [-0.1, -0.05) is 6.07 Å². The summed E-state index contributed by atoms with van der Waals surface area (Å²) in [5.41, 5.74) is 1.52. The maximum atomic E-state index is 13.3. The fraction of sp³-hybridized carbons (Fsp3) is 0.381. The lowest BCUT2D eigenvalue weighted by Crippen LogP contribution is -2.39. The Morgan fingerprint density at radius 3 is 2.57 bits per heavy atom. The van der Waals surface area contributed by atoms with Crippen LogP contribution in [0.3, 0.4) is 0 Å². The Bertz CT molecular complexity index is 1190. The van der Waals surface area contributed by atoms with Gasteiger partial charge in [0.2, 0.25) is 15.9 Å². The Labute approximate surface area is 175 Å². The summed E-state index contributed by atoms with van der Waals surface area (Å²) in [7, 11) is -3.62. The molecular weight excluding hydrogens is 402 g/mol. The van der Waals surface area contributed by atoms with E-state index in [1.54, 1.807) is 33.5 Å². The molecule has 4 heterocycles. The Balaban J connectivity index is 1.38. The molecule has 0 spiro atoms. The van der Waals surface area contributed by atoms with Crippen molar-refractivity contribution in [3.05, 3.63) is 54.5 Å². The summed E-state index contributed by atoms with van der Waals surface area (Å²) in [5.74, 6) is 0.880. The molecule has 0 bridgehead atoms. The first-order chi connectivity index (χ1) is 14.5. The molecule has 2 aliphatic heterocycles. The van der Waals surface area contributed by atoms with Crippen LogP contribution in [0.1, 0.15) is 37.4 Å². The number of hydrogen-bond donors (Lipinski definition) is 0. The van der Waals surface area contributed by atoms with Crippen LogP contribution in [0.5, 0.6) is 0 Å². The predicted octanol–water partition coefficient (Wildman–Crippen LogP) is 2.42. The van der Waals surface area contributed by atoms with E-state index in [1.807, 2.05) is 28.8 Å². The molecule has 0 aliphatic carbocycles. The van der Waals surface area contributed by atoms with Gasteiger partial charge in [-0.05, 0) is 55.7 Å². The molecule has 8 nitrogen and oxygen atoms in total. The number of carbonyl (C=O) groups excluding carboxylic acids is 1. The second kappa shape index (κ2) is 7.48. The van der Waals surface area contributed by atoms with Gasteiger partial charge in [0.05, 0.1) is 4.90 Å². The lowest BCUT2D eigenvalue weighted by molar-refractivity contribution is -0.117. The van der Waals surface area contributed by atoms with E-state index in [9.17, 15) is 13.2 Å². The SMILES string of the molecule is O=C1CCCN1c1ccc(S(=O)(=O)N2CCC[C@@H](c3nnc4ccccn34)C2)cc1. The first-order valence-electron chi connectivity index (χ1n) is 10.2. The molecule has 3 aromatic rings. The fourth-order valence-corrected chi connectivity index (χ4v) is 5.90. The minimum atomic E-state index is -3.62. The van der Waals surface area contributed by atoms with Crippen molar-refractivity contribution >= 4 is 27.3 Å². The number of carbonyl (C=O) groups is 1. The van der Waals surface area contributed by atoms with Crippen LogP contribution >= 0.6 is 0 Å². The van der Waals surface area contributed by atoms with Gasteiger partial charge in [-0.2, -0.15) is 4.31 Å². The van der Waals surface area contributed by atoms with Crippen molar-refractivity contribution in [2.75, 3.05) is 24.5 Å². The summed E-state index contributed by atoms with van der Waals surface area (Å²) in [6.07, 6.45) is 4.94. The van der Waals surface area contributed by atoms with E-state index in [1.165, 1.54) is 0 Å². The third-order valence-electron chi connectivity index (χ3n) is 5.95. The lowest BCUT2D eigenvalue weighted by Gasteiger charge is -2.31. The van der Waals surface area contributed by atoms with E-state index in [0.29, 0.717) is 26.1 Å². The van der Waals surface area contributed by atoms with E-state index in [-0.39, 0.29) is 16.7 Å². The van der Waals surface area contributed by atoms with E-state index >= 15 is 0 Å². The van der Waals surface area contributed by atoms with Gasteiger partial charge in [-0.25, -0.2) is 8.42 Å². The van der Waals surface area contributed by atoms with Crippen molar-refractivity contribution in [3.8, 4) is 0 Å². The molecule has 1 amide bonds. The minimum Gasteiger partial charge on any atom is -0.312 e. The lowest BCUT2D eigenvalue weighted by atomic mass is 9.99. The maximum absolute atomic E-state index is 13.3. The summed E-state index contributed by atoms with van der Waals surface area (Å²) >= 11 is 0. The van der Waals surface area contributed by atoms with E-state index in [0.717, 1.165) is 36.4 Å². The third kappa shape index (κ3) is 3.27. The molecule has 0 saturated carbocycles. The maximum Gasteiger partial charge on any atom is 0.243 e. The zero-order chi connectivity index (χ0) is 20.7. The number of aromatic nitrogens is 3. The highest BCUT2D eigenvalue weighted by Gasteiger charge is 2.33. The largest absolute Gasteiger partial charge is 0.312 e. The summed E-state index contributed by atoms with van der Waals surface area (Å²) in [6, 6.07) is 12.4. The Kier molecular flexibility index (Phi) is 4.79. The second-order valence-corrected chi connectivity index (χ2v) is 9.77. The monoisotopic (exact) mass is 425 g/mol. The summed E-state index contributed by atoms with van der Waals surface area (Å²) in [6.45, 7) is 1.55. The van der Waals surface area contributed by atoms with Crippen molar-refractivity contribution < 1.29 is 13.2 Å². The predicted molar refractivity (Wildman–Crippen MR) is 112 cm³/mol. The highest BCUT2D eigenvalue weighted by atomic mass is 32.2. The minimum absolute atomic E-state index is 0.00702. The smallest absolute Gasteiger partial charge is 0.243 e. The van der Waals surface area contributed by atoms with E-state index < -0.39 is 10.0 Å². The van der Waals surface area contributed by atoms with Crippen LogP contribution in [-0.4, -0.2) is 52.9 Å². The van der Waals surface area contributed by atoms with Gasteiger partial charge < -0.3 is 4.90 Å². The summed E-state index contributed by atoms with van der Waals surface area (Å²) in [4.78, 5) is 13.9. The van der Waals surface area contributed by atoms with Crippen molar-refractivity contribution in [2.24, 2.45) is 0 Å². The topological polar surface area (TPSA) is 87.9 Å². The van der Waals surface area contributed by atoms with Crippen LogP contribution in [0, 0.1) is 0 Å². The molecule has 1 atom stereocenters. The molecule has 9 heteroatoms. The molecule has 2 aliphatic rings. The van der Waals surface area contributed by atoms with E-state index in [4.69, 9.17) is 0 Å². The highest BCUT2D eigenvalue weighted by Crippen LogP contribution is 2.30. The number of pyridine rings is 1. The van der Waals surface area contributed by atoms with Gasteiger partial charge >= 0.3 is 0 Å². The number of rotatable bonds is 4. The Morgan fingerprint density at radius 1 is 0.967 bits per heavy atom. The van der Waals surface area contributed by atoms with Gasteiger partial charge in [-0.15, -0.1) is 10.2 Å². The molecule has 0 N–H and O–H groups in total. The van der Waals surface area contributed by atoms with E-state index in [2.05, 4.69) is 10.2 Å². The normalized spacial score (nSPS) is 20.9. The van der Waals surface area contributed by atoms with Crippen LogP contribution < -0.4 is 4.90 Å². The molecule has 0 radical (unpaired) electrons. The van der Waals surface area contributed by atoms with Crippen LogP contribution in [0.2, 0.25) is 0 Å². The van der Waals surface area contributed by atoms with Crippen LogP contribution in [0.4, 0.5) is 5.69 Å². The number of sulfonamides is 1. The van der Waals surface area contributed by atoms with Crippen LogP contribution in [0.15, 0.2) is 53.6 Å². The zero-order valence-electron chi connectivity index (χ0n) is 16.5. The van der Waals surface area contributed by atoms with Crippen LogP contribution in [-0.2, 0) is 14.8 Å². The van der Waals surface area contributed by atoms with Gasteiger partial charge in [0.25, 0.3) is 0 Å². The molecule has 30 heavy (non-hydrogen) atoms. The molecular formula is C21H23N5O3S. The molecule has 0 unspecified atom stereocenters. The Morgan fingerprint density at radius 2 is 1.80 bits per heavy atom. The quantitative estimate of drug-likeness (QED) is 0.641. The fourth-order valence-electron chi connectivity index (χ4n) is 4.38. The number of piperidine rings is 1. The number of benzene rings is 1. The average molecular weight is 426 g/mol. The second-order valence-electron chi connectivity index (χ2n) is 7.83. The van der Waals surface area contributed by atoms with Crippen molar-refractivity contribution in [1.82, 2.24) is 18.9 Å². The van der Waals surface area contributed by atoms with Crippen molar-refractivity contribution in [3.63, 3.8) is 0 Å². The molecule has 156 valence electrons.